The highest BCUT2D eigenvalue weighted by molar-refractivity contribution is 6.46. The lowest BCUT2D eigenvalue weighted by Crippen LogP contribution is -2.47. The maximum Gasteiger partial charge on any atom is 0.374 e. The molecule has 0 heterocycles. The summed E-state index contributed by atoms with van der Waals surface area (Å²) in [6, 6.07) is 15.1. The number of hydrogen-bond donors (Lipinski definition) is 2. The van der Waals surface area contributed by atoms with Crippen molar-refractivity contribution in [1.29, 1.82) is 0 Å². The maximum atomic E-state index is 12.4. The van der Waals surface area contributed by atoms with Crippen molar-refractivity contribution in [2.24, 2.45) is 0 Å². The van der Waals surface area contributed by atoms with E-state index < -0.39 is 18.7 Å². The van der Waals surface area contributed by atoms with Gasteiger partial charge in [-0.3, -0.25) is 4.79 Å². The standard InChI is InChI=1S/C24H33BClNO4/c1-24(2,3)31-23(28)21(27-25(4)29)11-7-5-9-19-10-6-8-12-22(19)30-17-18-13-15-20(26)16-14-18/h6,8,10,12-16,21,27,29H,5,7,9,11,17H2,1-4H3/t21-/m0/s1. The zero-order valence-electron chi connectivity index (χ0n) is 18.9. The zero-order valence-corrected chi connectivity index (χ0v) is 19.6. The lowest BCUT2D eigenvalue weighted by Gasteiger charge is -2.25. The van der Waals surface area contributed by atoms with Gasteiger partial charge in [0.15, 0.2) is 0 Å². The normalized spacial score (nSPS) is 12.3. The zero-order chi connectivity index (χ0) is 22.9. The summed E-state index contributed by atoms with van der Waals surface area (Å²) in [5.74, 6) is 0.531. The van der Waals surface area contributed by atoms with Crippen molar-refractivity contribution in [2.75, 3.05) is 0 Å². The van der Waals surface area contributed by atoms with Crippen LogP contribution in [0.5, 0.6) is 5.75 Å². The minimum absolute atomic E-state index is 0.333. The van der Waals surface area contributed by atoms with Crippen LogP contribution in [0.1, 0.15) is 51.2 Å². The molecule has 0 amide bonds. The molecule has 2 aromatic carbocycles. The Kier molecular flexibility index (Phi) is 9.88. The van der Waals surface area contributed by atoms with Crippen molar-refractivity contribution in [3.8, 4) is 5.75 Å². The highest BCUT2D eigenvalue weighted by Gasteiger charge is 2.26. The first-order chi connectivity index (χ1) is 14.6. The molecule has 0 aliphatic heterocycles. The number of esters is 1. The molecule has 5 nitrogen and oxygen atoms in total. The average molecular weight is 446 g/mol. The molecule has 168 valence electrons. The summed E-state index contributed by atoms with van der Waals surface area (Å²) in [6.45, 7) is 7.60. The summed E-state index contributed by atoms with van der Waals surface area (Å²) < 4.78 is 11.5. The first-order valence-electron chi connectivity index (χ1n) is 10.8. The fourth-order valence-electron chi connectivity index (χ4n) is 3.19. The lowest BCUT2D eigenvalue weighted by atomic mass is 9.86. The van der Waals surface area contributed by atoms with E-state index in [1.165, 1.54) is 0 Å². The number of carbonyl (C=O) groups excluding carboxylic acids is 1. The van der Waals surface area contributed by atoms with Crippen molar-refractivity contribution in [3.63, 3.8) is 0 Å². The summed E-state index contributed by atoms with van der Waals surface area (Å²) in [7, 11) is -0.778. The summed E-state index contributed by atoms with van der Waals surface area (Å²) in [5, 5.41) is 13.3. The van der Waals surface area contributed by atoms with Gasteiger partial charge in [0.2, 0.25) is 0 Å². The van der Waals surface area contributed by atoms with Gasteiger partial charge in [0.1, 0.15) is 18.0 Å². The molecule has 0 saturated carbocycles. The number of halogens is 1. The van der Waals surface area contributed by atoms with Crippen molar-refractivity contribution in [3.05, 3.63) is 64.7 Å². The molecule has 0 fully saturated rings. The third-order valence-electron chi connectivity index (χ3n) is 4.60. The van der Waals surface area contributed by atoms with Gasteiger partial charge < -0.3 is 19.7 Å². The van der Waals surface area contributed by atoms with Crippen LogP contribution in [-0.2, 0) is 22.6 Å². The van der Waals surface area contributed by atoms with Gasteiger partial charge in [0.25, 0.3) is 0 Å². The maximum absolute atomic E-state index is 12.4. The molecule has 0 aromatic heterocycles. The quantitative estimate of drug-likeness (QED) is 0.288. The Bertz CT molecular complexity index is 821. The third kappa shape index (κ3) is 9.77. The first-order valence-corrected chi connectivity index (χ1v) is 11.1. The molecule has 0 aliphatic carbocycles. The van der Waals surface area contributed by atoms with Crippen molar-refractivity contribution >= 4 is 24.6 Å². The lowest BCUT2D eigenvalue weighted by molar-refractivity contribution is -0.157. The molecule has 0 bridgehead atoms. The van der Waals surface area contributed by atoms with E-state index in [-0.39, 0.29) is 5.97 Å². The van der Waals surface area contributed by atoms with Gasteiger partial charge in [-0.15, -0.1) is 0 Å². The minimum atomic E-state index is -0.778. The number of para-hydroxylation sites is 1. The molecule has 1 atom stereocenters. The molecule has 31 heavy (non-hydrogen) atoms. The Balaban J connectivity index is 1.87. The van der Waals surface area contributed by atoms with E-state index in [2.05, 4.69) is 11.3 Å². The van der Waals surface area contributed by atoms with Gasteiger partial charge in [0.05, 0.1) is 6.04 Å². The predicted octanol–water partition coefficient (Wildman–Crippen LogP) is 5.04. The number of nitrogens with one attached hydrogen (secondary N) is 1. The van der Waals surface area contributed by atoms with Crippen LogP contribution in [0.4, 0.5) is 0 Å². The van der Waals surface area contributed by atoms with E-state index in [9.17, 15) is 9.82 Å². The van der Waals surface area contributed by atoms with Gasteiger partial charge in [-0.25, -0.2) is 0 Å². The largest absolute Gasteiger partial charge is 0.489 e. The molecule has 2 aromatic rings. The Labute approximate surface area is 191 Å². The van der Waals surface area contributed by atoms with Gasteiger partial charge in [-0.05, 0) is 76.2 Å². The Morgan fingerprint density at radius 3 is 2.45 bits per heavy atom. The van der Waals surface area contributed by atoms with Crippen LogP contribution in [0.25, 0.3) is 0 Å². The molecule has 0 spiro atoms. The third-order valence-corrected chi connectivity index (χ3v) is 4.85. The fraction of sp³-hybridized carbons (Fsp3) is 0.458. The number of benzene rings is 2. The van der Waals surface area contributed by atoms with E-state index in [1.807, 2.05) is 63.2 Å². The van der Waals surface area contributed by atoms with Gasteiger partial charge in [-0.2, -0.15) is 0 Å². The molecule has 7 heteroatoms. The van der Waals surface area contributed by atoms with Crippen molar-refractivity contribution in [2.45, 2.75) is 71.5 Å². The molecule has 0 radical (unpaired) electrons. The average Bonchev–Trinajstić information content (AvgIpc) is 2.69. The number of unbranched alkanes of at least 4 members (excludes halogenated alkanes) is 1. The van der Waals surface area contributed by atoms with Crippen LogP contribution < -0.4 is 9.96 Å². The van der Waals surface area contributed by atoms with Crippen molar-refractivity contribution in [1.82, 2.24) is 5.23 Å². The smallest absolute Gasteiger partial charge is 0.374 e. The fourth-order valence-corrected chi connectivity index (χ4v) is 3.32. The van der Waals surface area contributed by atoms with E-state index in [1.54, 1.807) is 6.82 Å². The molecule has 0 saturated heterocycles. The molecule has 2 rings (SSSR count). The molecular weight excluding hydrogens is 413 g/mol. The van der Waals surface area contributed by atoms with E-state index in [4.69, 9.17) is 21.1 Å². The van der Waals surface area contributed by atoms with Crippen LogP contribution in [0.2, 0.25) is 11.8 Å². The van der Waals surface area contributed by atoms with Crippen LogP contribution in [-0.4, -0.2) is 29.7 Å². The monoisotopic (exact) mass is 445 g/mol. The van der Waals surface area contributed by atoms with Gasteiger partial charge >= 0.3 is 13.0 Å². The SMILES string of the molecule is CB(O)N[C@@H](CCCCc1ccccc1OCc1ccc(Cl)cc1)C(=O)OC(C)(C)C. The van der Waals surface area contributed by atoms with Crippen LogP contribution in [0, 0.1) is 0 Å². The number of carbonyl (C=O) groups is 1. The van der Waals surface area contributed by atoms with E-state index in [0.29, 0.717) is 18.1 Å². The number of rotatable bonds is 11. The highest BCUT2D eigenvalue weighted by atomic mass is 35.5. The second-order valence-corrected chi connectivity index (χ2v) is 9.13. The number of aryl methyl sites for hydroxylation is 1. The van der Waals surface area contributed by atoms with Gasteiger partial charge in [0, 0.05) is 5.02 Å². The summed E-state index contributed by atoms with van der Waals surface area (Å²) in [4.78, 5) is 12.4. The van der Waals surface area contributed by atoms with Crippen LogP contribution in [0.15, 0.2) is 48.5 Å². The van der Waals surface area contributed by atoms with Gasteiger partial charge in [-0.1, -0.05) is 48.4 Å². The summed E-state index contributed by atoms with van der Waals surface area (Å²) >= 11 is 5.94. The molecule has 0 unspecified atom stereocenters. The predicted molar refractivity (Wildman–Crippen MR) is 126 cm³/mol. The number of ether oxygens (including phenoxy) is 2. The highest BCUT2D eigenvalue weighted by Crippen LogP contribution is 2.22. The molecule has 0 aliphatic rings. The minimum Gasteiger partial charge on any atom is -0.489 e. The Hall–Kier alpha value is -2.02. The Morgan fingerprint density at radius 2 is 1.81 bits per heavy atom. The molecule has 2 N–H and O–H groups in total. The van der Waals surface area contributed by atoms with Crippen molar-refractivity contribution < 1.29 is 19.3 Å². The molecular formula is C24H33BClNO4. The summed E-state index contributed by atoms with van der Waals surface area (Å²) in [6.07, 6.45) is 3.14. The van der Waals surface area contributed by atoms with E-state index in [0.717, 1.165) is 36.1 Å². The van der Waals surface area contributed by atoms with Crippen LogP contribution >= 0.6 is 11.6 Å². The van der Waals surface area contributed by atoms with Crippen LogP contribution in [0.3, 0.4) is 0 Å². The first kappa shape index (κ1) is 25.2. The van der Waals surface area contributed by atoms with E-state index >= 15 is 0 Å². The second-order valence-electron chi connectivity index (χ2n) is 8.70. The topological polar surface area (TPSA) is 67.8 Å². The summed E-state index contributed by atoms with van der Waals surface area (Å²) in [5.41, 5.74) is 1.63. The number of hydrogen-bond acceptors (Lipinski definition) is 5. The Morgan fingerprint density at radius 1 is 1.13 bits per heavy atom. The second kappa shape index (κ2) is 12.1.